The van der Waals surface area contributed by atoms with Crippen LogP contribution in [0.1, 0.15) is 38.2 Å². The van der Waals surface area contributed by atoms with E-state index in [4.69, 9.17) is 9.72 Å². The molecule has 4 aromatic rings. The molecule has 10 heteroatoms. The van der Waals surface area contributed by atoms with Gasteiger partial charge in [-0.15, -0.1) is 0 Å². The normalized spacial score (nSPS) is 23.6. The third-order valence-corrected chi connectivity index (χ3v) is 8.99. The number of imidazole rings is 1. The molecule has 206 valence electrons. The second-order valence-corrected chi connectivity index (χ2v) is 11.6. The number of anilines is 2. The highest BCUT2D eigenvalue weighted by atomic mass is 19.1. The van der Waals surface area contributed by atoms with Crippen LogP contribution in [0.15, 0.2) is 65.6 Å². The van der Waals surface area contributed by atoms with Crippen LogP contribution in [0.3, 0.4) is 0 Å². The summed E-state index contributed by atoms with van der Waals surface area (Å²) >= 11 is 0. The minimum atomic E-state index is -0.645. The van der Waals surface area contributed by atoms with Crippen molar-refractivity contribution in [3.63, 3.8) is 0 Å². The SMILES string of the molecule is CN(c1nccc(=O)n1C(=O)OC12CC1(C)C2)C1CCN(c2nc3ccccc3n2Cc2ccc(F)cc2)CC1. The van der Waals surface area contributed by atoms with Crippen molar-refractivity contribution in [3.8, 4) is 0 Å². The van der Waals surface area contributed by atoms with Crippen LogP contribution >= 0.6 is 0 Å². The van der Waals surface area contributed by atoms with E-state index in [9.17, 15) is 14.0 Å². The molecule has 0 N–H and O–H groups in total. The van der Waals surface area contributed by atoms with Crippen molar-refractivity contribution in [2.45, 2.75) is 50.8 Å². The van der Waals surface area contributed by atoms with Crippen molar-refractivity contribution in [1.29, 1.82) is 0 Å². The fourth-order valence-corrected chi connectivity index (χ4v) is 6.20. The van der Waals surface area contributed by atoms with Gasteiger partial charge in [0.15, 0.2) is 0 Å². The summed E-state index contributed by atoms with van der Waals surface area (Å²) in [6, 6.07) is 16.0. The summed E-state index contributed by atoms with van der Waals surface area (Å²) in [5.74, 6) is 0.926. The lowest BCUT2D eigenvalue weighted by molar-refractivity contribution is 0.113. The summed E-state index contributed by atoms with van der Waals surface area (Å²) in [5, 5.41) is 0. The first-order valence-electron chi connectivity index (χ1n) is 13.8. The zero-order valence-corrected chi connectivity index (χ0v) is 22.6. The second kappa shape index (κ2) is 8.90. The van der Waals surface area contributed by atoms with Gasteiger partial charge in [-0.3, -0.25) is 4.79 Å². The van der Waals surface area contributed by atoms with Gasteiger partial charge in [0.25, 0.3) is 5.56 Å². The molecule has 9 nitrogen and oxygen atoms in total. The molecule has 0 atom stereocenters. The maximum atomic E-state index is 13.5. The standard InChI is InChI=1S/C30H31FN6O3/c1-29-18-30(29,19-29)40-28(39)37-25(38)11-14-32-26(37)34(2)22-12-15-35(16-13-22)27-33-23-5-3-4-6-24(23)36(27)17-20-7-9-21(31)10-8-20/h3-11,14,22H,12-13,15-19H2,1-2H3. The predicted octanol–water partition coefficient (Wildman–Crippen LogP) is 4.42. The number of nitrogens with zero attached hydrogens (tertiary/aromatic N) is 6. The highest BCUT2D eigenvalue weighted by molar-refractivity contribution is 5.79. The number of para-hydroxylation sites is 2. The first-order chi connectivity index (χ1) is 19.3. The Bertz CT molecular complexity index is 1670. The molecule has 2 aromatic carbocycles. The van der Waals surface area contributed by atoms with Crippen molar-refractivity contribution in [2.75, 3.05) is 29.9 Å². The molecule has 7 rings (SSSR count). The van der Waals surface area contributed by atoms with Crippen molar-refractivity contribution in [2.24, 2.45) is 5.41 Å². The summed E-state index contributed by atoms with van der Waals surface area (Å²) < 4.78 is 22.5. The van der Waals surface area contributed by atoms with Crippen LogP contribution in [0.2, 0.25) is 0 Å². The molecule has 0 unspecified atom stereocenters. The number of rotatable bonds is 6. The van der Waals surface area contributed by atoms with Gasteiger partial charge in [-0.2, -0.15) is 4.57 Å². The summed E-state index contributed by atoms with van der Waals surface area (Å²) in [7, 11) is 1.88. The number of piperidine rings is 1. The first-order valence-corrected chi connectivity index (χ1v) is 13.8. The number of carbonyl (C=O) groups is 1. The van der Waals surface area contributed by atoms with Crippen LogP contribution in [0.5, 0.6) is 0 Å². The van der Waals surface area contributed by atoms with Crippen molar-refractivity contribution >= 4 is 29.0 Å². The monoisotopic (exact) mass is 542 g/mol. The van der Waals surface area contributed by atoms with Gasteiger partial charge in [0.2, 0.25) is 11.9 Å². The molecule has 1 aliphatic heterocycles. The van der Waals surface area contributed by atoms with E-state index in [1.54, 1.807) is 12.1 Å². The Kier molecular flexibility index (Phi) is 5.52. The molecule has 3 aliphatic rings. The molecule has 3 fully saturated rings. The lowest BCUT2D eigenvalue weighted by Gasteiger charge is -2.38. The van der Waals surface area contributed by atoms with Gasteiger partial charge in [-0.25, -0.2) is 19.2 Å². The van der Waals surface area contributed by atoms with Gasteiger partial charge in [0, 0.05) is 43.9 Å². The quantitative estimate of drug-likeness (QED) is 0.357. The number of benzene rings is 2. The van der Waals surface area contributed by atoms with Crippen LogP contribution in [0.25, 0.3) is 11.0 Å². The third kappa shape index (κ3) is 4.04. The fraction of sp³-hybridized carbons (Fsp3) is 0.400. The van der Waals surface area contributed by atoms with Crippen molar-refractivity contribution < 1.29 is 13.9 Å². The van der Waals surface area contributed by atoms with E-state index in [-0.39, 0.29) is 22.9 Å². The molecule has 3 heterocycles. The molecule has 0 spiro atoms. The zero-order valence-electron chi connectivity index (χ0n) is 22.6. The molecule has 40 heavy (non-hydrogen) atoms. The number of hydrogen-bond acceptors (Lipinski definition) is 7. The molecular weight excluding hydrogens is 511 g/mol. The Labute approximate surface area is 230 Å². The smallest absolute Gasteiger partial charge is 0.424 e. The lowest BCUT2D eigenvalue weighted by Crippen LogP contribution is -2.46. The Morgan fingerprint density at radius 2 is 1.80 bits per heavy atom. The maximum absolute atomic E-state index is 13.5. The van der Waals surface area contributed by atoms with Crippen LogP contribution in [0.4, 0.5) is 21.1 Å². The molecule has 0 radical (unpaired) electrons. The van der Waals surface area contributed by atoms with Gasteiger partial charge in [0.05, 0.1) is 17.6 Å². The highest BCUT2D eigenvalue weighted by Gasteiger charge is 2.84. The summed E-state index contributed by atoms with van der Waals surface area (Å²) in [5.41, 5.74) is 2.20. The van der Waals surface area contributed by atoms with E-state index in [0.717, 1.165) is 65.9 Å². The minimum Gasteiger partial charge on any atom is -0.442 e. The predicted molar refractivity (Wildman–Crippen MR) is 149 cm³/mol. The molecule has 1 saturated heterocycles. The maximum Gasteiger partial charge on any atom is 0.424 e. The van der Waals surface area contributed by atoms with Crippen molar-refractivity contribution in [3.05, 3.63) is 82.5 Å². The van der Waals surface area contributed by atoms with Gasteiger partial charge in [-0.1, -0.05) is 31.2 Å². The zero-order chi connectivity index (χ0) is 27.6. The number of hydrogen-bond donors (Lipinski definition) is 0. The van der Waals surface area contributed by atoms with E-state index < -0.39 is 11.7 Å². The van der Waals surface area contributed by atoms with Crippen LogP contribution in [-0.2, 0) is 11.3 Å². The third-order valence-electron chi connectivity index (χ3n) is 8.99. The van der Waals surface area contributed by atoms with E-state index in [1.807, 2.05) is 30.1 Å². The Hall–Kier alpha value is -4.21. The molecule has 0 amide bonds. The summed E-state index contributed by atoms with van der Waals surface area (Å²) in [4.78, 5) is 39.4. The second-order valence-electron chi connectivity index (χ2n) is 11.6. The average Bonchev–Trinajstić information content (AvgIpc) is 3.64. The van der Waals surface area contributed by atoms with E-state index >= 15 is 0 Å². The molecular formula is C30H31FN6O3. The highest BCUT2D eigenvalue weighted by Crippen LogP contribution is 2.80. The summed E-state index contributed by atoms with van der Waals surface area (Å²) in [6.07, 6.45) is 4.10. The van der Waals surface area contributed by atoms with Gasteiger partial charge in [-0.05, 0) is 55.5 Å². The van der Waals surface area contributed by atoms with Gasteiger partial charge in [0.1, 0.15) is 11.4 Å². The van der Waals surface area contributed by atoms with Gasteiger partial charge >= 0.3 is 6.09 Å². The number of carbonyl (C=O) groups excluding carboxylic acids is 1. The van der Waals surface area contributed by atoms with Crippen LogP contribution < -0.4 is 15.4 Å². The van der Waals surface area contributed by atoms with Gasteiger partial charge < -0.3 is 19.1 Å². The van der Waals surface area contributed by atoms with Crippen molar-refractivity contribution in [1.82, 2.24) is 19.1 Å². The van der Waals surface area contributed by atoms with Crippen LogP contribution in [-0.4, -0.2) is 57.0 Å². The number of fused-ring (bicyclic) bond motifs is 2. The van der Waals surface area contributed by atoms with E-state index in [2.05, 4.69) is 27.4 Å². The number of halogens is 1. The molecule has 2 aliphatic carbocycles. The van der Waals surface area contributed by atoms with Crippen LogP contribution in [0, 0.1) is 11.2 Å². The van der Waals surface area contributed by atoms with E-state index in [0.29, 0.717) is 12.5 Å². The number of aromatic nitrogens is 4. The Morgan fingerprint density at radius 1 is 1.10 bits per heavy atom. The topological polar surface area (TPSA) is 85.5 Å². The molecule has 0 bridgehead atoms. The summed E-state index contributed by atoms with van der Waals surface area (Å²) in [6.45, 7) is 4.16. The minimum absolute atomic E-state index is 0.0739. The molecule has 2 aromatic heterocycles. The molecule has 2 saturated carbocycles. The Balaban J connectivity index is 1.10. The largest absolute Gasteiger partial charge is 0.442 e. The lowest BCUT2D eigenvalue weighted by atomic mass is 10.0. The first kappa shape index (κ1) is 24.8. The Morgan fingerprint density at radius 3 is 2.50 bits per heavy atom. The van der Waals surface area contributed by atoms with E-state index in [1.165, 1.54) is 24.4 Å². The number of ether oxygens (including phenoxy) is 1. The average molecular weight is 543 g/mol. The fourth-order valence-electron chi connectivity index (χ4n) is 6.20.